The molecule has 1 fully saturated rings. The summed E-state index contributed by atoms with van der Waals surface area (Å²) in [4.78, 5) is 12.8. The predicted molar refractivity (Wildman–Crippen MR) is 99.0 cm³/mol. The van der Waals surface area contributed by atoms with Crippen LogP contribution in [-0.4, -0.2) is 47.2 Å². The summed E-state index contributed by atoms with van der Waals surface area (Å²) in [6, 6.07) is 15.1. The minimum absolute atomic E-state index is 0.0988. The van der Waals surface area contributed by atoms with E-state index < -0.39 is 4.92 Å². The maximum atomic E-state index is 10.9. The third kappa shape index (κ3) is 4.78. The predicted octanol–water partition coefficient (Wildman–Crippen LogP) is 3.40. The second-order valence-corrected chi connectivity index (χ2v) is 6.34. The Hall–Kier alpha value is -2.44. The van der Waals surface area contributed by atoms with E-state index in [9.17, 15) is 10.1 Å². The summed E-state index contributed by atoms with van der Waals surface area (Å²) in [5, 5.41) is 17.5. The number of hydrogen-bond donors (Lipinski definition) is 0. The lowest BCUT2D eigenvalue weighted by Gasteiger charge is -2.33. The van der Waals surface area contributed by atoms with Crippen LogP contribution in [0.1, 0.15) is 11.1 Å². The molecule has 0 spiro atoms. The quantitative estimate of drug-likeness (QED) is 0.467. The number of nitrogens with zero attached hydrogens (tertiary/aromatic N) is 4. The normalized spacial score (nSPS) is 15.6. The lowest BCUT2D eigenvalue weighted by molar-refractivity contribution is -0.384. The van der Waals surface area contributed by atoms with Crippen LogP contribution in [0.3, 0.4) is 0 Å². The Morgan fingerprint density at radius 3 is 2.52 bits per heavy atom. The van der Waals surface area contributed by atoms with Gasteiger partial charge in [-0.3, -0.25) is 20.0 Å². The summed E-state index contributed by atoms with van der Waals surface area (Å²) in [7, 11) is 0. The first kappa shape index (κ1) is 17.4. The van der Waals surface area contributed by atoms with Crippen molar-refractivity contribution >= 4 is 23.5 Å². The van der Waals surface area contributed by atoms with Crippen LogP contribution in [0.2, 0.25) is 5.02 Å². The Bertz CT molecular complexity index is 759. The number of hydrazone groups is 1. The summed E-state index contributed by atoms with van der Waals surface area (Å²) < 4.78 is 0. The number of hydrogen-bond acceptors (Lipinski definition) is 5. The first-order chi connectivity index (χ1) is 12.1. The van der Waals surface area contributed by atoms with E-state index in [2.05, 4.69) is 34.3 Å². The topological polar surface area (TPSA) is 62.0 Å². The van der Waals surface area contributed by atoms with Gasteiger partial charge in [0.1, 0.15) is 5.02 Å². The van der Waals surface area contributed by atoms with Crippen molar-refractivity contribution in [2.24, 2.45) is 5.10 Å². The average Bonchev–Trinajstić information content (AvgIpc) is 2.63. The molecule has 6 nitrogen and oxygen atoms in total. The van der Waals surface area contributed by atoms with Gasteiger partial charge >= 0.3 is 0 Å². The number of nitro groups is 1. The molecule has 0 saturated carbocycles. The standard InChI is InChI=1S/C18H19ClN4O2/c19-17-7-6-16(12-18(17)23(24)25)13-20-22-10-8-21(9-11-22)14-15-4-2-1-3-5-15/h1-7,12-13H,8-11,14H2/b20-13+. The third-order valence-electron chi connectivity index (χ3n) is 4.13. The number of piperazine rings is 1. The molecule has 1 aliphatic heterocycles. The molecule has 130 valence electrons. The Kier molecular flexibility index (Phi) is 5.63. The van der Waals surface area contributed by atoms with E-state index in [1.54, 1.807) is 12.3 Å². The first-order valence-corrected chi connectivity index (χ1v) is 8.49. The minimum atomic E-state index is -0.484. The molecule has 1 saturated heterocycles. The number of rotatable bonds is 5. The van der Waals surface area contributed by atoms with Gasteiger partial charge in [0.15, 0.2) is 0 Å². The molecule has 7 heteroatoms. The smallest absolute Gasteiger partial charge is 0.288 e. The zero-order valence-corrected chi connectivity index (χ0v) is 14.5. The van der Waals surface area contributed by atoms with Crippen LogP contribution in [0.4, 0.5) is 5.69 Å². The van der Waals surface area contributed by atoms with Crippen molar-refractivity contribution in [3.8, 4) is 0 Å². The molecule has 0 unspecified atom stereocenters. The molecule has 0 bridgehead atoms. The van der Waals surface area contributed by atoms with Crippen molar-refractivity contribution in [1.82, 2.24) is 9.91 Å². The van der Waals surface area contributed by atoms with Gasteiger partial charge < -0.3 is 0 Å². The van der Waals surface area contributed by atoms with Gasteiger partial charge in [0.05, 0.1) is 11.1 Å². The molecule has 25 heavy (non-hydrogen) atoms. The molecule has 1 aliphatic rings. The largest absolute Gasteiger partial charge is 0.295 e. The fraction of sp³-hybridized carbons (Fsp3) is 0.278. The Balaban J connectivity index is 1.54. The van der Waals surface area contributed by atoms with E-state index in [1.807, 2.05) is 11.1 Å². The van der Waals surface area contributed by atoms with Crippen LogP contribution in [0.5, 0.6) is 0 Å². The van der Waals surface area contributed by atoms with Gasteiger partial charge in [-0.25, -0.2) is 0 Å². The van der Waals surface area contributed by atoms with Crippen molar-refractivity contribution in [3.05, 3.63) is 74.8 Å². The van der Waals surface area contributed by atoms with Gasteiger partial charge in [-0.2, -0.15) is 5.10 Å². The minimum Gasteiger partial charge on any atom is -0.295 e. The summed E-state index contributed by atoms with van der Waals surface area (Å²) >= 11 is 5.82. The molecule has 0 amide bonds. The average molecular weight is 359 g/mol. The molecule has 0 aliphatic carbocycles. The molecular formula is C18H19ClN4O2. The third-order valence-corrected chi connectivity index (χ3v) is 4.45. The highest BCUT2D eigenvalue weighted by Crippen LogP contribution is 2.24. The van der Waals surface area contributed by atoms with E-state index in [0.29, 0.717) is 5.56 Å². The van der Waals surface area contributed by atoms with Gasteiger partial charge in [0, 0.05) is 44.4 Å². The second-order valence-electron chi connectivity index (χ2n) is 5.93. The van der Waals surface area contributed by atoms with Gasteiger partial charge in [-0.1, -0.05) is 48.0 Å². The van der Waals surface area contributed by atoms with Gasteiger partial charge in [-0.15, -0.1) is 0 Å². The molecule has 0 N–H and O–H groups in total. The molecular weight excluding hydrogens is 340 g/mol. The van der Waals surface area contributed by atoms with Gasteiger partial charge in [0.2, 0.25) is 0 Å². The molecule has 2 aromatic carbocycles. The maximum absolute atomic E-state index is 10.9. The van der Waals surface area contributed by atoms with E-state index in [1.165, 1.54) is 17.7 Å². The zero-order valence-electron chi connectivity index (χ0n) is 13.7. The van der Waals surface area contributed by atoms with Crippen LogP contribution < -0.4 is 0 Å². The first-order valence-electron chi connectivity index (χ1n) is 8.11. The van der Waals surface area contributed by atoms with Crippen LogP contribution in [0.15, 0.2) is 53.6 Å². The summed E-state index contributed by atoms with van der Waals surface area (Å²) in [6.07, 6.45) is 1.65. The summed E-state index contributed by atoms with van der Waals surface area (Å²) in [5.74, 6) is 0. The van der Waals surface area contributed by atoms with Crippen molar-refractivity contribution in [1.29, 1.82) is 0 Å². The number of nitro benzene ring substituents is 1. The van der Waals surface area contributed by atoms with Crippen LogP contribution in [0.25, 0.3) is 0 Å². The highest BCUT2D eigenvalue weighted by molar-refractivity contribution is 6.32. The van der Waals surface area contributed by atoms with Crippen molar-refractivity contribution in [2.45, 2.75) is 6.54 Å². The molecule has 2 aromatic rings. The van der Waals surface area contributed by atoms with Crippen molar-refractivity contribution in [3.63, 3.8) is 0 Å². The van der Waals surface area contributed by atoms with Gasteiger partial charge in [0.25, 0.3) is 5.69 Å². The number of halogens is 1. The monoisotopic (exact) mass is 358 g/mol. The Morgan fingerprint density at radius 1 is 1.12 bits per heavy atom. The van der Waals surface area contributed by atoms with E-state index in [-0.39, 0.29) is 10.7 Å². The Morgan fingerprint density at radius 2 is 1.84 bits per heavy atom. The van der Waals surface area contributed by atoms with Gasteiger partial charge in [-0.05, 0) is 11.6 Å². The highest BCUT2D eigenvalue weighted by Gasteiger charge is 2.16. The van der Waals surface area contributed by atoms with Crippen molar-refractivity contribution in [2.75, 3.05) is 26.2 Å². The van der Waals surface area contributed by atoms with Crippen LogP contribution >= 0.6 is 11.6 Å². The second kappa shape index (κ2) is 8.09. The van der Waals surface area contributed by atoms with E-state index in [4.69, 9.17) is 11.6 Å². The van der Waals surface area contributed by atoms with Crippen LogP contribution in [-0.2, 0) is 6.54 Å². The lowest BCUT2D eigenvalue weighted by atomic mass is 10.2. The fourth-order valence-electron chi connectivity index (χ4n) is 2.75. The van der Waals surface area contributed by atoms with Crippen LogP contribution in [0, 0.1) is 10.1 Å². The highest BCUT2D eigenvalue weighted by atomic mass is 35.5. The zero-order chi connectivity index (χ0) is 17.6. The molecule has 0 atom stereocenters. The lowest BCUT2D eigenvalue weighted by Crippen LogP contribution is -2.43. The maximum Gasteiger partial charge on any atom is 0.288 e. The molecule has 1 heterocycles. The number of benzene rings is 2. The summed E-state index contributed by atoms with van der Waals surface area (Å²) in [5.41, 5.74) is 1.88. The fourth-order valence-corrected chi connectivity index (χ4v) is 2.94. The molecule has 0 radical (unpaired) electrons. The summed E-state index contributed by atoms with van der Waals surface area (Å²) in [6.45, 7) is 4.49. The SMILES string of the molecule is O=[N+]([O-])c1cc(/C=N/N2CCN(Cc3ccccc3)CC2)ccc1Cl. The van der Waals surface area contributed by atoms with E-state index >= 15 is 0 Å². The van der Waals surface area contributed by atoms with E-state index in [0.717, 1.165) is 32.7 Å². The molecule has 0 aromatic heterocycles. The molecule has 3 rings (SSSR count). The van der Waals surface area contributed by atoms with Crippen molar-refractivity contribution < 1.29 is 4.92 Å². The Labute approximate surface area is 151 Å².